The standard InChI is InChI=1S/C14H26BNO/c1-13(15)7-5-6-12-11(8-13)9-14(2,10-17-4)16(12)3/h11-12H,5-10H2,1-4H3. The molecule has 2 radical (unpaired) electrons. The Morgan fingerprint density at radius 3 is 2.71 bits per heavy atom. The minimum Gasteiger partial charge on any atom is -0.383 e. The molecule has 4 unspecified atom stereocenters. The molecule has 0 aromatic heterocycles. The minimum absolute atomic E-state index is 0.0403. The third-order valence-corrected chi connectivity index (χ3v) is 5.03. The number of methoxy groups -OCH3 is 1. The molecule has 17 heavy (non-hydrogen) atoms. The molecule has 2 rings (SSSR count). The molecule has 3 heteroatoms. The minimum atomic E-state index is 0.0403. The van der Waals surface area contributed by atoms with Gasteiger partial charge in [0.25, 0.3) is 0 Å². The van der Waals surface area contributed by atoms with E-state index in [9.17, 15) is 0 Å². The first kappa shape index (κ1) is 13.4. The van der Waals surface area contributed by atoms with Crippen LogP contribution in [0.2, 0.25) is 5.31 Å². The lowest BCUT2D eigenvalue weighted by atomic mass is 9.63. The van der Waals surface area contributed by atoms with Gasteiger partial charge in [-0.15, -0.1) is 0 Å². The van der Waals surface area contributed by atoms with Crippen molar-refractivity contribution in [1.29, 1.82) is 0 Å². The summed E-state index contributed by atoms with van der Waals surface area (Å²) in [6.45, 7) is 5.39. The van der Waals surface area contributed by atoms with Gasteiger partial charge in [-0.2, -0.15) is 0 Å². The van der Waals surface area contributed by atoms with Crippen LogP contribution in [-0.4, -0.2) is 45.1 Å². The second kappa shape index (κ2) is 4.58. The number of fused-ring (bicyclic) bond motifs is 1. The van der Waals surface area contributed by atoms with Crippen LogP contribution in [0.25, 0.3) is 0 Å². The average molecular weight is 235 g/mol. The Morgan fingerprint density at radius 2 is 2.06 bits per heavy atom. The van der Waals surface area contributed by atoms with E-state index in [1.54, 1.807) is 7.11 Å². The van der Waals surface area contributed by atoms with E-state index in [1.807, 2.05) is 0 Å². The van der Waals surface area contributed by atoms with Crippen LogP contribution in [0, 0.1) is 5.92 Å². The smallest absolute Gasteiger partial charge is 0.0742 e. The molecule has 0 amide bonds. The Kier molecular flexibility index (Phi) is 3.62. The monoisotopic (exact) mass is 235 g/mol. The molecule has 0 aromatic rings. The first-order chi connectivity index (χ1) is 7.88. The van der Waals surface area contributed by atoms with Crippen molar-refractivity contribution in [2.45, 2.75) is 62.8 Å². The fourth-order valence-electron chi connectivity index (χ4n) is 4.09. The molecule has 2 fully saturated rings. The van der Waals surface area contributed by atoms with E-state index in [1.165, 1.54) is 32.1 Å². The van der Waals surface area contributed by atoms with Crippen LogP contribution in [0.4, 0.5) is 0 Å². The Hall–Kier alpha value is -0.0151. The Labute approximate surface area is 107 Å². The molecule has 0 spiro atoms. The summed E-state index contributed by atoms with van der Waals surface area (Å²) in [7, 11) is 10.5. The predicted octanol–water partition coefficient (Wildman–Crippen LogP) is 2.63. The first-order valence-corrected chi connectivity index (χ1v) is 6.89. The van der Waals surface area contributed by atoms with Gasteiger partial charge in [0.2, 0.25) is 0 Å². The third-order valence-electron chi connectivity index (χ3n) is 5.03. The largest absolute Gasteiger partial charge is 0.383 e. The normalized spacial score (nSPS) is 47.8. The number of ether oxygens (including phenoxy) is 1. The summed E-state index contributed by atoms with van der Waals surface area (Å²) in [6.07, 6.45) is 6.14. The lowest BCUT2D eigenvalue weighted by Crippen LogP contribution is -2.45. The maximum atomic E-state index is 6.39. The zero-order valence-electron chi connectivity index (χ0n) is 11.8. The highest BCUT2D eigenvalue weighted by Crippen LogP contribution is 2.49. The maximum Gasteiger partial charge on any atom is 0.0742 e. The fourth-order valence-corrected chi connectivity index (χ4v) is 4.09. The van der Waals surface area contributed by atoms with Gasteiger partial charge < -0.3 is 4.74 Å². The molecule has 0 N–H and O–H groups in total. The number of likely N-dealkylation sites (N-methyl/N-ethyl adjacent to an activating group) is 1. The molecule has 1 aliphatic heterocycles. The lowest BCUT2D eigenvalue weighted by molar-refractivity contribution is 0.0478. The van der Waals surface area contributed by atoms with Gasteiger partial charge >= 0.3 is 0 Å². The zero-order valence-corrected chi connectivity index (χ0v) is 11.8. The van der Waals surface area contributed by atoms with E-state index < -0.39 is 0 Å². The van der Waals surface area contributed by atoms with E-state index in [2.05, 4.69) is 25.8 Å². The highest BCUT2D eigenvalue weighted by atomic mass is 16.5. The van der Waals surface area contributed by atoms with E-state index in [0.717, 1.165) is 12.5 Å². The summed E-state index contributed by atoms with van der Waals surface area (Å²) in [5.41, 5.74) is 0.206. The van der Waals surface area contributed by atoms with E-state index in [-0.39, 0.29) is 10.9 Å². The lowest BCUT2D eigenvalue weighted by Gasteiger charge is -2.34. The molecule has 1 saturated carbocycles. The van der Waals surface area contributed by atoms with Crippen molar-refractivity contribution in [3.8, 4) is 0 Å². The summed E-state index contributed by atoms with van der Waals surface area (Å²) in [5, 5.41) is 0.0403. The summed E-state index contributed by atoms with van der Waals surface area (Å²) in [6, 6.07) is 0.709. The molecular formula is C14H26BNO. The van der Waals surface area contributed by atoms with Gasteiger partial charge in [-0.25, -0.2) is 0 Å². The van der Waals surface area contributed by atoms with Crippen LogP contribution in [0.15, 0.2) is 0 Å². The third kappa shape index (κ3) is 2.55. The van der Waals surface area contributed by atoms with Crippen molar-refractivity contribution in [2.24, 2.45) is 5.92 Å². The molecule has 1 saturated heterocycles. The van der Waals surface area contributed by atoms with Crippen LogP contribution >= 0.6 is 0 Å². The van der Waals surface area contributed by atoms with Crippen LogP contribution in [0.3, 0.4) is 0 Å². The molecular weight excluding hydrogens is 209 g/mol. The van der Waals surface area contributed by atoms with Gasteiger partial charge in [-0.05, 0) is 32.7 Å². The number of rotatable bonds is 2. The van der Waals surface area contributed by atoms with Crippen LogP contribution in [0.5, 0.6) is 0 Å². The van der Waals surface area contributed by atoms with Crippen molar-refractivity contribution >= 4 is 7.85 Å². The molecule has 2 nitrogen and oxygen atoms in total. The fraction of sp³-hybridized carbons (Fsp3) is 1.00. The highest BCUT2D eigenvalue weighted by Gasteiger charge is 2.48. The van der Waals surface area contributed by atoms with Crippen molar-refractivity contribution in [1.82, 2.24) is 4.90 Å². The molecule has 2 aliphatic rings. The molecule has 0 bridgehead atoms. The second-order valence-corrected chi connectivity index (χ2v) is 6.82. The SMILES string of the molecule is [B]C1(C)CCCC2C(C1)CC(C)(COC)N2C. The molecule has 0 aromatic carbocycles. The molecule has 96 valence electrons. The van der Waals surface area contributed by atoms with E-state index in [0.29, 0.717) is 6.04 Å². The summed E-state index contributed by atoms with van der Waals surface area (Å²) >= 11 is 0. The molecule has 1 heterocycles. The highest BCUT2D eigenvalue weighted by molar-refractivity contribution is 6.14. The van der Waals surface area contributed by atoms with Crippen molar-refractivity contribution in [2.75, 3.05) is 20.8 Å². The summed E-state index contributed by atoms with van der Waals surface area (Å²) in [4.78, 5) is 2.56. The Bertz CT molecular complexity index is 281. The average Bonchev–Trinajstić information content (AvgIpc) is 2.36. The maximum absolute atomic E-state index is 6.39. The van der Waals surface area contributed by atoms with Gasteiger partial charge in [0.15, 0.2) is 0 Å². The van der Waals surface area contributed by atoms with Crippen molar-refractivity contribution in [3.63, 3.8) is 0 Å². The van der Waals surface area contributed by atoms with Gasteiger partial charge in [0.05, 0.1) is 14.5 Å². The van der Waals surface area contributed by atoms with Gasteiger partial charge in [-0.3, -0.25) is 4.90 Å². The zero-order chi connectivity index (χ0) is 12.7. The first-order valence-electron chi connectivity index (χ1n) is 6.89. The second-order valence-electron chi connectivity index (χ2n) is 6.82. The van der Waals surface area contributed by atoms with E-state index in [4.69, 9.17) is 12.6 Å². The predicted molar refractivity (Wildman–Crippen MR) is 72.5 cm³/mol. The van der Waals surface area contributed by atoms with Crippen LogP contribution < -0.4 is 0 Å². The van der Waals surface area contributed by atoms with Crippen molar-refractivity contribution in [3.05, 3.63) is 0 Å². The number of nitrogens with zero attached hydrogens (tertiary/aromatic N) is 1. The van der Waals surface area contributed by atoms with E-state index >= 15 is 0 Å². The van der Waals surface area contributed by atoms with Gasteiger partial charge in [0.1, 0.15) is 0 Å². The van der Waals surface area contributed by atoms with Crippen LogP contribution in [-0.2, 0) is 4.74 Å². The number of hydrogen-bond acceptors (Lipinski definition) is 2. The molecule has 1 aliphatic carbocycles. The topological polar surface area (TPSA) is 12.5 Å². The number of hydrogen-bond donors (Lipinski definition) is 0. The quantitative estimate of drug-likeness (QED) is 0.682. The number of likely N-dealkylation sites (tertiary alicyclic amines) is 1. The Morgan fingerprint density at radius 1 is 1.35 bits per heavy atom. The van der Waals surface area contributed by atoms with Crippen molar-refractivity contribution < 1.29 is 4.74 Å². The van der Waals surface area contributed by atoms with Crippen LogP contribution in [0.1, 0.15) is 46.0 Å². The summed E-state index contributed by atoms with van der Waals surface area (Å²) < 4.78 is 5.42. The molecule has 4 atom stereocenters. The summed E-state index contributed by atoms with van der Waals surface area (Å²) in [5.74, 6) is 0.748. The van der Waals surface area contributed by atoms with Gasteiger partial charge in [0, 0.05) is 18.7 Å². The Balaban J connectivity index is 2.14. The van der Waals surface area contributed by atoms with Gasteiger partial charge in [-0.1, -0.05) is 31.5 Å².